The van der Waals surface area contributed by atoms with E-state index >= 15 is 0 Å². The van der Waals surface area contributed by atoms with E-state index in [4.69, 9.17) is 0 Å². The number of rotatable bonds is 8. The topological polar surface area (TPSA) is 55.4 Å². The first-order chi connectivity index (χ1) is 11.7. The van der Waals surface area contributed by atoms with E-state index in [2.05, 4.69) is 22.2 Å². The monoisotopic (exact) mass is 325 g/mol. The lowest BCUT2D eigenvalue weighted by molar-refractivity contribution is -0.140. The van der Waals surface area contributed by atoms with Crippen LogP contribution >= 0.6 is 0 Å². The van der Waals surface area contributed by atoms with Gasteiger partial charge in [-0.15, -0.1) is 0 Å². The largest absolute Gasteiger partial charge is 0.469 e. The smallest absolute Gasteiger partial charge is 0.305 e. The zero-order valence-corrected chi connectivity index (χ0v) is 14.0. The molecule has 0 aliphatic rings. The van der Waals surface area contributed by atoms with E-state index in [0.29, 0.717) is 13.0 Å². The summed E-state index contributed by atoms with van der Waals surface area (Å²) in [6, 6.07) is 14.1. The van der Waals surface area contributed by atoms with Crippen molar-refractivity contribution in [1.29, 1.82) is 0 Å². The van der Waals surface area contributed by atoms with Gasteiger partial charge in [0.05, 0.1) is 7.11 Å². The van der Waals surface area contributed by atoms with Gasteiger partial charge >= 0.3 is 5.97 Å². The average Bonchev–Trinajstić information content (AvgIpc) is 2.62. The van der Waals surface area contributed by atoms with Crippen LogP contribution < -0.4 is 5.32 Å². The fourth-order valence-corrected chi connectivity index (χ4v) is 2.50. The summed E-state index contributed by atoms with van der Waals surface area (Å²) in [4.78, 5) is 22.8. The minimum absolute atomic E-state index is 0.101. The molecule has 2 aromatic rings. The van der Waals surface area contributed by atoms with Crippen molar-refractivity contribution in [1.82, 2.24) is 5.32 Å². The molecule has 0 aromatic heterocycles. The van der Waals surface area contributed by atoms with Crippen molar-refractivity contribution in [3.05, 3.63) is 54.1 Å². The third-order valence-corrected chi connectivity index (χ3v) is 3.82. The predicted octanol–water partition coefficient (Wildman–Crippen LogP) is 3.70. The van der Waals surface area contributed by atoms with E-state index in [-0.39, 0.29) is 11.9 Å². The van der Waals surface area contributed by atoms with Crippen molar-refractivity contribution < 1.29 is 14.3 Å². The van der Waals surface area contributed by atoms with Crippen LogP contribution in [0.3, 0.4) is 0 Å². The summed E-state index contributed by atoms with van der Waals surface area (Å²) in [6.45, 7) is 0.611. The minimum Gasteiger partial charge on any atom is -0.469 e. The Bertz CT molecular complexity index is 716. The number of methoxy groups -OCH3 is 1. The maximum atomic E-state index is 11.9. The number of esters is 1. The van der Waals surface area contributed by atoms with Crippen LogP contribution in [0.1, 0.15) is 31.2 Å². The number of nitrogens with one attached hydrogen (secondary N) is 1. The second kappa shape index (κ2) is 9.50. The van der Waals surface area contributed by atoms with Crippen LogP contribution in [-0.4, -0.2) is 25.5 Å². The van der Waals surface area contributed by atoms with Gasteiger partial charge in [0, 0.05) is 19.0 Å². The maximum Gasteiger partial charge on any atom is 0.305 e. The van der Waals surface area contributed by atoms with E-state index in [1.54, 1.807) is 6.08 Å². The summed E-state index contributed by atoms with van der Waals surface area (Å²) >= 11 is 0. The molecule has 126 valence electrons. The lowest BCUT2D eigenvalue weighted by Gasteiger charge is -2.03. The lowest BCUT2D eigenvalue weighted by atomic mass is 10.0. The number of ether oxygens (including phenoxy) is 1. The van der Waals surface area contributed by atoms with Gasteiger partial charge in [0.15, 0.2) is 0 Å². The Hall–Kier alpha value is -2.62. The van der Waals surface area contributed by atoms with Crippen LogP contribution in [0.25, 0.3) is 16.8 Å². The summed E-state index contributed by atoms with van der Waals surface area (Å²) in [5.41, 5.74) is 1.03. The number of hydrogen-bond acceptors (Lipinski definition) is 3. The molecule has 24 heavy (non-hydrogen) atoms. The van der Waals surface area contributed by atoms with Crippen molar-refractivity contribution in [3.8, 4) is 0 Å². The number of hydrogen-bond donors (Lipinski definition) is 1. The van der Waals surface area contributed by atoms with Crippen LogP contribution in [0.5, 0.6) is 0 Å². The van der Waals surface area contributed by atoms with E-state index in [1.807, 2.05) is 36.4 Å². The Balaban J connectivity index is 1.76. The van der Waals surface area contributed by atoms with Gasteiger partial charge in [-0.3, -0.25) is 9.59 Å². The second-order valence-corrected chi connectivity index (χ2v) is 5.58. The van der Waals surface area contributed by atoms with E-state index in [9.17, 15) is 9.59 Å². The molecular weight excluding hydrogens is 302 g/mol. The molecule has 4 nitrogen and oxygen atoms in total. The number of fused-ring (bicyclic) bond motifs is 1. The molecule has 0 radical (unpaired) electrons. The first kappa shape index (κ1) is 17.7. The highest BCUT2D eigenvalue weighted by Gasteiger charge is 2.01. The van der Waals surface area contributed by atoms with Gasteiger partial charge in [-0.1, -0.05) is 48.9 Å². The molecule has 0 bridgehead atoms. The normalized spacial score (nSPS) is 10.9. The molecule has 0 heterocycles. The molecule has 0 saturated heterocycles. The average molecular weight is 325 g/mol. The Morgan fingerprint density at radius 1 is 1.04 bits per heavy atom. The molecule has 2 aromatic carbocycles. The van der Waals surface area contributed by atoms with Crippen LogP contribution in [0.15, 0.2) is 48.5 Å². The highest BCUT2D eigenvalue weighted by atomic mass is 16.5. The van der Waals surface area contributed by atoms with Gasteiger partial charge in [0.1, 0.15) is 0 Å². The molecule has 0 aliphatic carbocycles. The van der Waals surface area contributed by atoms with Gasteiger partial charge in [0.25, 0.3) is 0 Å². The van der Waals surface area contributed by atoms with Crippen molar-refractivity contribution in [2.45, 2.75) is 25.7 Å². The molecular formula is C20H23NO3. The highest BCUT2D eigenvalue weighted by molar-refractivity contribution is 5.96. The summed E-state index contributed by atoms with van der Waals surface area (Å²) in [5, 5.41) is 5.15. The van der Waals surface area contributed by atoms with Crippen molar-refractivity contribution in [2.24, 2.45) is 0 Å². The van der Waals surface area contributed by atoms with Gasteiger partial charge in [-0.25, -0.2) is 0 Å². The van der Waals surface area contributed by atoms with Gasteiger partial charge in [-0.2, -0.15) is 0 Å². The molecule has 0 aliphatic heterocycles. The van der Waals surface area contributed by atoms with Crippen LogP contribution in [0.2, 0.25) is 0 Å². The Labute approximate surface area is 142 Å². The Kier molecular flexibility index (Phi) is 7.02. The van der Waals surface area contributed by atoms with E-state index < -0.39 is 0 Å². The van der Waals surface area contributed by atoms with Crippen molar-refractivity contribution in [2.75, 3.05) is 13.7 Å². The molecule has 0 spiro atoms. The third kappa shape index (κ3) is 5.54. The quantitative estimate of drug-likeness (QED) is 0.457. The van der Waals surface area contributed by atoms with Crippen LogP contribution in [0, 0.1) is 0 Å². The highest BCUT2D eigenvalue weighted by Crippen LogP contribution is 2.19. The first-order valence-electron chi connectivity index (χ1n) is 8.21. The number of carbonyl (C=O) groups is 2. The first-order valence-corrected chi connectivity index (χ1v) is 8.21. The summed E-state index contributed by atoms with van der Waals surface area (Å²) < 4.78 is 4.58. The maximum absolute atomic E-state index is 11.9. The minimum atomic E-state index is -0.183. The van der Waals surface area contributed by atoms with Gasteiger partial charge in [-0.05, 0) is 35.3 Å². The SMILES string of the molecule is COC(=O)CCCCCNC(=O)C=Cc1cccc2ccccc12. The Morgan fingerprint density at radius 2 is 1.83 bits per heavy atom. The third-order valence-electron chi connectivity index (χ3n) is 3.82. The van der Waals surface area contributed by atoms with Crippen LogP contribution in [-0.2, 0) is 14.3 Å². The molecule has 0 unspecified atom stereocenters. The second-order valence-electron chi connectivity index (χ2n) is 5.58. The van der Waals surface area contributed by atoms with Crippen molar-refractivity contribution in [3.63, 3.8) is 0 Å². The van der Waals surface area contributed by atoms with Gasteiger partial charge in [0.2, 0.25) is 5.91 Å². The number of benzene rings is 2. The van der Waals surface area contributed by atoms with Gasteiger partial charge < -0.3 is 10.1 Å². The summed E-state index contributed by atoms with van der Waals surface area (Å²) in [7, 11) is 1.39. The zero-order valence-electron chi connectivity index (χ0n) is 14.0. The fourth-order valence-electron chi connectivity index (χ4n) is 2.50. The predicted molar refractivity (Wildman–Crippen MR) is 96.5 cm³/mol. The standard InChI is InChI=1S/C20H23NO3/c1-24-20(23)12-3-2-6-15-21-19(22)14-13-17-10-7-9-16-8-4-5-11-18(16)17/h4-5,7-11,13-14H,2-3,6,12,15H2,1H3,(H,21,22). The van der Waals surface area contributed by atoms with E-state index in [1.165, 1.54) is 7.11 Å². The molecule has 0 atom stereocenters. The molecule has 0 saturated carbocycles. The van der Waals surface area contributed by atoms with E-state index in [0.717, 1.165) is 35.6 Å². The summed E-state index contributed by atoms with van der Waals surface area (Å²) in [5.74, 6) is -0.284. The molecule has 1 amide bonds. The molecule has 4 heteroatoms. The fraction of sp³-hybridized carbons (Fsp3) is 0.300. The number of amides is 1. The van der Waals surface area contributed by atoms with Crippen LogP contribution in [0.4, 0.5) is 0 Å². The number of unbranched alkanes of at least 4 members (excludes halogenated alkanes) is 2. The lowest BCUT2D eigenvalue weighted by Crippen LogP contribution is -2.22. The summed E-state index contributed by atoms with van der Waals surface area (Å²) in [6.07, 6.45) is 6.37. The molecule has 1 N–H and O–H groups in total. The zero-order chi connectivity index (χ0) is 17.2. The Morgan fingerprint density at radius 3 is 2.67 bits per heavy atom. The molecule has 2 rings (SSSR count). The van der Waals surface area contributed by atoms with Crippen molar-refractivity contribution >= 4 is 28.7 Å². The number of carbonyl (C=O) groups excluding carboxylic acids is 2. The molecule has 0 fully saturated rings.